The Labute approximate surface area is 84.2 Å². The van der Waals surface area contributed by atoms with Crippen molar-refractivity contribution in [1.29, 1.82) is 0 Å². The largest absolute Gasteiger partial charge is 0.476 e. The van der Waals surface area contributed by atoms with Gasteiger partial charge in [0.25, 0.3) is 0 Å². The van der Waals surface area contributed by atoms with E-state index in [0.29, 0.717) is 0 Å². The molecule has 0 aromatic carbocycles. The minimum absolute atomic E-state index is 1.07. The number of phosphoric ester groups is 2. The Kier molecular flexibility index (Phi) is 6.73. The van der Waals surface area contributed by atoms with Crippen LogP contribution in [0.25, 0.3) is 0 Å². The highest BCUT2D eigenvalue weighted by molar-refractivity contribution is 7.48. The molecule has 0 fully saturated rings. The van der Waals surface area contributed by atoms with Crippen molar-refractivity contribution in [1.82, 2.24) is 0 Å². The van der Waals surface area contributed by atoms with Crippen LogP contribution in [0.4, 0.5) is 0 Å². The molecule has 0 rings (SSSR count). The summed E-state index contributed by atoms with van der Waals surface area (Å²) in [4.78, 5) is 17.3. The SMILES string of the molecule is O=P(O)(OCO)OCOP(=O)(O)OCO. The van der Waals surface area contributed by atoms with Gasteiger partial charge < -0.3 is 20.0 Å². The first-order valence-electron chi connectivity index (χ1n) is 3.28. The second-order valence-corrected chi connectivity index (χ2v) is 4.74. The lowest BCUT2D eigenvalue weighted by molar-refractivity contribution is -0.00138. The number of aliphatic hydroxyl groups excluding tert-OH is 2. The van der Waals surface area contributed by atoms with Crippen LogP contribution in [0.1, 0.15) is 0 Å². The number of hydrogen-bond donors (Lipinski definition) is 4. The number of hydrogen-bond acceptors (Lipinski definition) is 8. The molecule has 2 unspecified atom stereocenters. The fraction of sp³-hybridized carbons (Fsp3) is 1.00. The first-order valence-corrected chi connectivity index (χ1v) is 6.27. The van der Waals surface area contributed by atoms with Crippen molar-refractivity contribution in [3.8, 4) is 0 Å². The third kappa shape index (κ3) is 8.00. The van der Waals surface area contributed by atoms with Gasteiger partial charge in [0.2, 0.25) is 0 Å². The summed E-state index contributed by atoms with van der Waals surface area (Å²) in [5.41, 5.74) is 0. The van der Waals surface area contributed by atoms with Gasteiger partial charge in [0.05, 0.1) is 0 Å². The lowest BCUT2D eigenvalue weighted by atomic mass is 11.6. The van der Waals surface area contributed by atoms with Crippen LogP contribution in [-0.2, 0) is 27.2 Å². The van der Waals surface area contributed by atoms with Crippen LogP contribution in [0, 0.1) is 0 Å². The van der Waals surface area contributed by atoms with Gasteiger partial charge in [-0.15, -0.1) is 0 Å². The monoisotopic (exact) mass is 268 g/mol. The highest BCUT2D eigenvalue weighted by Gasteiger charge is 2.25. The van der Waals surface area contributed by atoms with Gasteiger partial charge in [0.15, 0.2) is 20.4 Å². The minimum atomic E-state index is -4.52. The summed E-state index contributed by atoms with van der Waals surface area (Å²) in [6, 6.07) is 0. The lowest BCUT2D eigenvalue weighted by Crippen LogP contribution is -2.02. The molecule has 0 aliphatic rings. The maximum Gasteiger partial charge on any atom is 0.476 e. The summed E-state index contributed by atoms with van der Waals surface area (Å²) in [5.74, 6) is 0. The summed E-state index contributed by atoms with van der Waals surface area (Å²) in [7, 11) is -9.05. The van der Waals surface area contributed by atoms with E-state index in [1.54, 1.807) is 0 Å². The molecule has 92 valence electrons. The Morgan fingerprint density at radius 1 is 0.800 bits per heavy atom. The molecule has 0 bridgehead atoms. The molecule has 0 heterocycles. The van der Waals surface area contributed by atoms with Gasteiger partial charge in [-0.3, -0.25) is 18.1 Å². The normalized spacial score (nSPS) is 19.5. The predicted molar refractivity (Wildman–Crippen MR) is 43.0 cm³/mol. The van der Waals surface area contributed by atoms with Gasteiger partial charge >= 0.3 is 15.6 Å². The summed E-state index contributed by atoms with van der Waals surface area (Å²) in [6.45, 7) is -3.24. The summed E-state index contributed by atoms with van der Waals surface area (Å²) >= 11 is 0. The van der Waals surface area contributed by atoms with Crippen molar-refractivity contribution >= 4 is 15.6 Å². The third-order valence-electron chi connectivity index (χ3n) is 0.873. The first-order chi connectivity index (χ1) is 6.83. The van der Waals surface area contributed by atoms with E-state index in [4.69, 9.17) is 20.0 Å². The van der Waals surface area contributed by atoms with Crippen LogP contribution in [0.5, 0.6) is 0 Å². The van der Waals surface area contributed by atoms with Crippen LogP contribution in [-0.4, -0.2) is 40.4 Å². The molecule has 0 radical (unpaired) electrons. The van der Waals surface area contributed by atoms with Gasteiger partial charge in [0.1, 0.15) is 0 Å². The quantitative estimate of drug-likeness (QED) is 0.322. The molecular formula is C3H10O10P2. The van der Waals surface area contributed by atoms with Crippen molar-refractivity contribution in [2.75, 3.05) is 20.4 Å². The molecule has 0 aliphatic heterocycles. The van der Waals surface area contributed by atoms with Crippen molar-refractivity contribution in [3.05, 3.63) is 0 Å². The molecule has 0 aliphatic carbocycles. The van der Waals surface area contributed by atoms with Gasteiger partial charge in [0, 0.05) is 0 Å². The van der Waals surface area contributed by atoms with Crippen molar-refractivity contribution in [2.24, 2.45) is 0 Å². The highest BCUT2D eigenvalue weighted by atomic mass is 31.2. The zero-order chi connectivity index (χ0) is 11.9. The van der Waals surface area contributed by atoms with Gasteiger partial charge in [-0.25, -0.2) is 9.13 Å². The van der Waals surface area contributed by atoms with Crippen LogP contribution < -0.4 is 0 Å². The van der Waals surface area contributed by atoms with E-state index < -0.39 is 36.0 Å². The number of aliphatic hydroxyl groups is 2. The standard InChI is InChI=1S/C3H10O10P2/c4-1-10-14(6,7)12-3-13-15(8,9)11-2-5/h4-5H,1-3H2,(H,6,7)(H,8,9). The highest BCUT2D eigenvalue weighted by Crippen LogP contribution is 2.47. The van der Waals surface area contributed by atoms with E-state index in [-0.39, 0.29) is 0 Å². The topological polar surface area (TPSA) is 152 Å². The van der Waals surface area contributed by atoms with Crippen LogP contribution >= 0.6 is 15.6 Å². The molecule has 0 saturated carbocycles. The van der Waals surface area contributed by atoms with E-state index in [9.17, 15) is 9.13 Å². The molecule has 12 heteroatoms. The molecule has 0 saturated heterocycles. The van der Waals surface area contributed by atoms with E-state index in [1.165, 1.54) is 0 Å². The molecule has 15 heavy (non-hydrogen) atoms. The molecule has 10 nitrogen and oxygen atoms in total. The smallest absolute Gasteiger partial charge is 0.370 e. The minimum Gasteiger partial charge on any atom is -0.370 e. The van der Waals surface area contributed by atoms with Crippen molar-refractivity contribution in [2.45, 2.75) is 0 Å². The van der Waals surface area contributed by atoms with Crippen molar-refractivity contribution < 1.29 is 47.2 Å². The maximum absolute atomic E-state index is 10.7. The molecule has 0 aromatic heterocycles. The van der Waals surface area contributed by atoms with Gasteiger partial charge in [-0.2, -0.15) is 0 Å². The molecule has 2 atom stereocenters. The second-order valence-electron chi connectivity index (χ2n) is 1.83. The Morgan fingerprint density at radius 3 is 1.40 bits per heavy atom. The molecule has 0 amide bonds. The Balaban J connectivity index is 3.88. The lowest BCUT2D eigenvalue weighted by Gasteiger charge is -2.12. The van der Waals surface area contributed by atoms with E-state index in [1.807, 2.05) is 0 Å². The summed E-state index contributed by atoms with van der Waals surface area (Å²) < 4.78 is 36.9. The van der Waals surface area contributed by atoms with Crippen LogP contribution in [0.15, 0.2) is 0 Å². The average molecular weight is 268 g/mol. The molecule has 0 aromatic rings. The van der Waals surface area contributed by atoms with Gasteiger partial charge in [-0.1, -0.05) is 0 Å². The fourth-order valence-electron chi connectivity index (χ4n) is 0.377. The Bertz CT molecular complexity index is 237. The van der Waals surface area contributed by atoms with E-state index in [2.05, 4.69) is 18.1 Å². The zero-order valence-corrected chi connectivity index (χ0v) is 9.04. The maximum atomic E-state index is 10.7. The first kappa shape index (κ1) is 15.1. The van der Waals surface area contributed by atoms with E-state index in [0.717, 1.165) is 0 Å². The van der Waals surface area contributed by atoms with Crippen LogP contribution in [0.2, 0.25) is 0 Å². The Hall–Kier alpha value is 0.140. The van der Waals surface area contributed by atoms with Gasteiger partial charge in [-0.05, 0) is 0 Å². The zero-order valence-electron chi connectivity index (χ0n) is 7.25. The summed E-state index contributed by atoms with van der Waals surface area (Å²) in [6.07, 6.45) is 0. The predicted octanol–water partition coefficient (Wildman–Crippen LogP) is -0.889. The second kappa shape index (κ2) is 6.66. The number of rotatable bonds is 8. The summed E-state index contributed by atoms with van der Waals surface area (Å²) in [5, 5.41) is 16.2. The molecule has 0 spiro atoms. The Morgan fingerprint density at radius 2 is 1.13 bits per heavy atom. The molecular weight excluding hydrogens is 258 g/mol. The average Bonchev–Trinajstić information content (AvgIpc) is 2.02. The fourth-order valence-corrected chi connectivity index (χ4v) is 1.27. The third-order valence-corrected chi connectivity index (χ3v) is 2.62. The number of phosphoric acid groups is 2. The van der Waals surface area contributed by atoms with Crippen LogP contribution in [0.3, 0.4) is 0 Å². The molecule has 4 N–H and O–H groups in total. The van der Waals surface area contributed by atoms with Crippen molar-refractivity contribution in [3.63, 3.8) is 0 Å². The van der Waals surface area contributed by atoms with E-state index >= 15 is 0 Å².